The van der Waals surface area contributed by atoms with Crippen LogP contribution >= 0.6 is 0 Å². The van der Waals surface area contributed by atoms with Crippen molar-refractivity contribution in [3.63, 3.8) is 0 Å². The Morgan fingerprint density at radius 1 is 1.03 bits per heavy atom. The van der Waals surface area contributed by atoms with Crippen LogP contribution in [-0.4, -0.2) is 38.7 Å². The Hall–Kier alpha value is -3.68. The molecule has 0 saturated heterocycles. The van der Waals surface area contributed by atoms with E-state index in [1.54, 1.807) is 43.3 Å². The number of carbonyl (C=O) groups excluding carboxylic acids is 2. The van der Waals surface area contributed by atoms with Gasteiger partial charge in [0.2, 0.25) is 0 Å². The van der Waals surface area contributed by atoms with Crippen LogP contribution in [0.1, 0.15) is 36.7 Å². The molecule has 0 fully saturated rings. The molecule has 0 aromatic heterocycles. The van der Waals surface area contributed by atoms with E-state index in [2.05, 4.69) is 10.9 Å². The Morgan fingerprint density at radius 2 is 1.71 bits per heavy atom. The normalized spacial score (nSPS) is 11.5. The van der Waals surface area contributed by atoms with Crippen LogP contribution in [-0.2, 0) is 4.79 Å². The number of carbonyl (C=O) groups is 2. The maximum atomic E-state index is 12.6. The van der Waals surface area contributed by atoms with Crippen LogP contribution in [0.3, 0.4) is 0 Å². The lowest BCUT2D eigenvalue weighted by Crippen LogP contribution is -2.47. The van der Waals surface area contributed by atoms with Gasteiger partial charge in [0, 0.05) is 11.1 Å². The minimum Gasteiger partial charge on any atom is -0.494 e. The topological polar surface area (TPSA) is 95.1 Å². The monoisotopic (exact) mass is 428 g/mol. The molecule has 0 saturated carbocycles. The molecular weight excluding hydrogens is 400 g/mol. The molecule has 0 heterocycles. The van der Waals surface area contributed by atoms with E-state index in [9.17, 15) is 9.59 Å². The second kappa shape index (κ2) is 11.5. The zero-order valence-electron chi connectivity index (χ0n) is 18.4. The number of nitrogens with one attached hydrogen (secondary N) is 2. The van der Waals surface area contributed by atoms with Crippen LogP contribution in [0.4, 0.5) is 0 Å². The molecule has 2 aromatic rings. The van der Waals surface area contributed by atoms with E-state index >= 15 is 0 Å². The second-order valence-electron chi connectivity index (χ2n) is 6.41. The Kier molecular flexibility index (Phi) is 8.75. The summed E-state index contributed by atoms with van der Waals surface area (Å²) < 4.78 is 21.6. The zero-order chi connectivity index (χ0) is 22.8. The molecule has 2 N–H and O–H groups in total. The van der Waals surface area contributed by atoms with Gasteiger partial charge in [-0.2, -0.15) is 0 Å². The van der Waals surface area contributed by atoms with E-state index < -0.39 is 17.9 Å². The van der Waals surface area contributed by atoms with E-state index in [0.717, 1.165) is 0 Å². The summed E-state index contributed by atoms with van der Waals surface area (Å²) >= 11 is 0. The van der Waals surface area contributed by atoms with Gasteiger partial charge in [0.15, 0.2) is 17.6 Å². The molecular formula is C23H28N2O6. The molecule has 0 bridgehead atoms. The van der Waals surface area contributed by atoms with Crippen molar-refractivity contribution in [3.05, 3.63) is 53.6 Å². The molecule has 0 radical (unpaired) electrons. The number of methoxy groups -OCH3 is 2. The fourth-order valence-electron chi connectivity index (χ4n) is 2.76. The molecule has 0 spiro atoms. The van der Waals surface area contributed by atoms with E-state index in [-0.39, 0.29) is 0 Å². The van der Waals surface area contributed by atoms with Crippen LogP contribution in [0, 0.1) is 0 Å². The molecule has 8 heteroatoms. The third kappa shape index (κ3) is 6.40. The summed E-state index contributed by atoms with van der Waals surface area (Å²) in [4.78, 5) is 24.9. The summed E-state index contributed by atoms with van der Waals surface area (Å²) in [5, 5.41) is 0. The number of rotatable bonds is 9. The maximum absolute atomic E-state index is 12.6. The number of allylic oxidation sites excluding steroid dienone is 1. The van der Waals surface area contributed by atoms with Crippen LogP contribution in [0.15, 0.2) is 42.5 Å². The first kappa shape index (κ1) is 23.6. The van der Waals surface area contributed by atoms with Crippen LogP contribution in [0.2, 0.25) is 0 Å². The molecule has 1 unspecified atom stereocenters. The second-order valence-corrected chi connectivity index (χ2v) is 6.41. The van der Waals surface area contributed by atoms with Gasteiger partial charge < -0.3 is 18.9 Å². The number of benzene rings is 2. The summed E-state index contributed by atoms with van der Waals surface area (Å²) in [5.74, 6) is 1.13. The molecule has 2 rings (SSSR count). The van der Waals surface area contributed by atoms with Gasteiger partial charge in [-0.15, -0.1) is 0 Å². The Bertz CT molecular complexity index is 924. The third-order valence-electron chi connectivity index (χ3n) is 4.23. The van der Waals surface area contributed by atoms with Crippen molar-refractivity contribution in [2.75, 3.05) is 20.8 Å². The van der Waals surface area contributed by atoms with Gasteiger partial charge in [-0.25, -0.2) is 0 Å². The lowest BCUT2D eigenvalue weighted by Gasteiger charge is -2.16. The molecule has 8 nitrogen and oxygen atoms in total. The predicted octanol–water partition coefficient (Wildman–Crippen LogP) is 3.36. The van der Waals surface area contributed by atoms with E-state index in [0.29, 0.717) is 40.7 Å². The Balaban J connectivity index is 2.01. The molecule has 2 amide bonds. The van der Waals surface area contributed by atoms with Crippen molar-refractivity contribution < 1.29 is 28.5 Å². The zero-order valence-corrected chi connectivity index (χ0v) is 18.4. The number of hydrogen-bond donors (Lipinski definition) is 2. The highest BCUT2D eigenvalue weighted by molar-refractivity contribution is 5.97. The highest BCUT2D eigenvalue weighted by Crippen LogP contribution is 2.33. The van der Waals surface area contributed by atoms with Crippen molar-refractivity contribution in [3.8, 4) is 23.0 Å². The fraction of sp³-hybridized carbons (Fsp3) is 0.304. The fourth-order valence-corrected chi connectivity index (χ4v) is 2.76. The van der Waals surface area contributed by atoms with Crippen molar-refractivity contribution in [2.24, 2.45) is 0 Å². The molecule has 1 atom stereocenters. The highest BCUT2D eigenvalue weighted by Gasteiger charge is 2.18. The van der Waals surface area contributed by atoms with Gasteiger partial charge in [-0.05, 0) is 57.2 Å². The van der Waals surface area contributed by atoms with Gasteiger partial charge in [0.1, 0.15) is 11.5 Å². The van der Waals surface area contributed by atoms with Crippen molar-refractivity contribution in [1.82, 2.24) is 10.9 Å². The number of amides is 2. The van der Waals surface area contributed by atoms with E-state index in [1.165, 1.54) is 20.3 Å². The first-order valence-electron chi connectivity index (χ1n) is 9.81. The standard InChI is InChI=1S/C23H28N2O6/c1-6-8-16-13-17(14-20(28-4)21(16)29-5)23(27)25-24-22(26)15(3)31-19-11-9-18(10-12-19)30-7-2/h6,8-15H,7H2,1-5H3,(H,24,26)(H,25,27)/b8-6+. The Labute approximate surface area is 182 Å². The molecule has 0 aliphatic rings. The largest absolute Gasteiger partial charge is 0.494 e. The van der Waals surface area contributed by atoms with Crippen LogP contribution in [0.5, 0.6) is 23.0 Å². The maximum Gasteiger partial charge on any atom is 0.279 e. The smallest absolute Gasteiger partial charge is 0.279 e. The molecule has 166 valence electrons. The summed E-state index contributed by atoms with van der Waals surface area (Å²) in [6.07, 6.45) is 2.78. The minimum atomic E-state index is -0.831. The van der Waals surface area contributed by atoms with Gasteiger partial charge >= 0.3 is 0 Å². The third-order valence-corrected chi connectivity index (χ3v) is 4.23. The summed E-state index contributed by atoms with van der Waals surface area (Å²) in [6, 6.07) is 10.1. The van der Waals surface area contributed by atoms with E-state index in [1.807, 2.05) is 19.9 Å². The van der Waals surface area contributed by atoms with Crippen LogP contribution < -0.4 is 29.8 Å². The number of hydrazine groups is 1. The summed E-state index contributed by atoms with van der Waals surface area (Å²) in [5.41, 5.74) is 5.73. The minimum absolute atomic E-state index is 0.297. The first-order chi connectivity index (χ1) is 14.9. The summed E-state index contributed by atoms with van der Waals surface area (Å²) in [7, 11) is 3.01. The molecule has 0 aliphatic carbocycles. The van der Waals surface area contributed by atoms with Crippen molar-refractivity contribution in [1.29, 1.82) is 0 Å². The lowest BCUT2D eigenvalue weighted by atomic mass is 10.1. The van der Waals surface area contributed by atoms with Gasteiger partial charge in [-0.1, -0.05) is 12.2 Å². The Morgan fingerprint density at radius 3 is 2.29 bits per heavy atom. The molecule has 2 aromatic carbocycles. The quantitative estimate of drug-likeness (QED) is 0.595. The molecule has 0 aliphatic heterocycles. The lowest BCUT2D eigenvalue weighted by molar-refractivity contribution is -0.128. The average molecular weight is 428 g/mol. The SMILES string of the molecule is C/C=C/c1cc(C(=O)NNC(=O)C(C)Oc2ccc(OCC)cc2)cc(OC)c1OC. The predicted molar refractivity (Wildman–Crippen MR) is 118 cm³/mol. The van der Waals surface area contributed by atoms with Gasteiger partial charge in [0.05, 0.1) is 20.8 Å². The molecule has 31 heavy (non-hydrogen) atoms. The summed E-state index contributed by atoms with van der Waals surface area (Å²) in [6.45, 7) is 5.90. The number of hydrogen-bond acceptors (Lipinski definition) is 6. The average Bonchev–Trinajstić information content (AvgIpc) is 2.78. The van der Waals surface area contributed by atoms with E-state index in [4.69, 9.17) is 18.9 Å². The van der Waals surface area contributed by atoms with Crippen LogP contribution in [0.25, 0.3) is 6.08 Å². The van der Waals surface area contributed by atoms with Crippen molar-refractivity contribution in [2.45, 2.75) is 26.9 Å². The highest BCUT2D eigenvalue weighted by atomic mass is 16.5. The van der Waals surface area contributed by atoms with Crippen molar-refractivity contribution >= 4 is 17.9 Å². The first-order valence-corrected chi connectivity index (χ1v) is 9.81. The number of ether oxygens (including phenoxy) is 4. The van der Waals surface area contributed by atoms with Gasteiger partial charge in [0.25, 0.3) is 11.8 Å². The van der Waals surface area contributed by atoms with Gasteiger partial charge in [-0.3, -0.25) is 20.4 Å².